The van der Waals surface area contributed by atoms with Crippen LogP contribution in [0.5, 0.6) is 12.0 Å². The van der Waals surface area contributed by atoms with Crippen LogP contribution in [0.25, 0.3) is 0 Å². The minimum atomic E-state index is 0.0973. The summed E-state index contributed by atoms with van der Waals surface area (Å²) in [4.78, 5) is 12.5. The summed E-state index contributed by atoms with van der Waals surface area (Å²) in [5.74, 6) is 0.475. The van der Waals surface area contributed by atoms with Gasteiger partial charge in [0.1, 0.15) is 6.10 Å². The van der Waals surface area contributed by atoms with E-state index in [1.54, 1.807) is 0 Å². The molecule has 106 valence electrons. The maximum atomic E-state index is 5.77. The van der Waals surface area contributed by atoms with Gasteiger partial charge in [-0.15, -0.1) is 4.98 Å². The molecular formula is C12H20N4O3. The van der Waals surface area contributed by atoms with Crippen LogP contribution < -0.4 is 14.8 Å². The van der Waals surface area contributed by atoms with Crippen LogP contribution in [0, 0.1) is 0 Å². The fourth-order valence-corrected chi connectivity index (χ4v) is 1.76. The van der Waals surface area contributed by atoms with E-state index in [2.05, 4.69) is 20.3 Å². The molecule has 0 spiro atoms. The van der Waals surface area contributed by atoms with Crippen molar-refractivity contribution in [2.24, 2.45) is 0 Å². The van der Waals surface area contributed by atoms with Gasteiger partial charge in [0.05, 0.1) is 19.8 Å². The summed E-state index contributed by atoms with van der Waals surface area (Å²) in [5, 5.41) is 3.04. The molecule has 0 atom stereocenters. The third-order valence-corrected chi connectivity index (χ3v) is 2.64. The molecule has 0 saturated carbocycles. The Morgan fingerprint density at radius 1 is 1.16 bits per heavy atom. The number of rotatable bonds is 6. The minimum absolute atomic E-state index is 0.0973. The number of aromatic nitrogens is 3. The minimum Gasteiger partial charge on any atom is -0.464 e. The average Bonchev–Trinajstić information content (AvgIpc) is 2.40. The monoisotopic (exact) mass is 268 g/mol. The highest BCUT2D eigenvalue weighted by atomic mass is 16.5. The highest BCUT2D eigenvalue weighted by molar-refractivity contribution is 5.27. The molecule has 0 aromatic carbocycles. The Morgan fingerprint density at radius 3 is 2.58 bits per heavy atom. The number of nitrogens with one attached hydrogen (secondary N) is 1. The average molecular weight is 268 g/mol. The van der Waals surface area contributed by atoms with Gasteiger partial charge in [-0.25, -0.2) is 0 Å². The van der Waals surface area contributed by atoms with E-state index in [-0.39, 0.29) is 12.1 Å². The van der Waals surface area contributed by atoms with Gasteiger partial charge in [-0.05, 0) is 13.8 Å². The molecule has 7 heteroatoms. The molecule has 7 nitrogen and oxygen atoms in total. The van der Waals surface area contributed by atoms with E-state index in [0.717, 1.165) is 19.4 Å². The summed E-state index contributed by atoms with van der Waals surface area (Å²) in [6.07, 6.45) is 1.80. The van der Waals surface area contributed by atoms with E-state index >= 15 is 0 Å². The van der Waals surface area contributed by atoms with Crippen LogP contribution in [0.1, 0.15) is 26.7 Å². The lowest BCUT2D eigenvalue weighted by molar-refractivity contribution is 0.0213. The molecule has 1 N–H and O–H groups in total. The summed E-state index contributed by atoms with van der Waals surface area (Å²) >= 11 is 0. The lowest BCUT2D eigenvalue weighted by Crippen LogP contribution is -2.26. The summed E-state index contributed by atoms with van der Waals surface area (Å²) in [6, 6.07) is 0.594. The maximum absolute atomic E-state index is 5.77. The molecule has 1 aromatic heterocycles. The first-order valence-corrected chi connectivity index (χ1v) is 6.69. The molecule has 1 saturated heterocycles. The van der Waals surface area contributed by atoms with Crippen molar-refractivity contribution in [1.82, 2.24) is 15.0 Å². The second-order valence-corrected chi connectivity index (χ2v) is 4.12. The Balaban J connectivity index is 2.08. The van der Waals surface area contributed by atoms with E-state index < -0.39 is 0 Å². The van der Waals surface area contributed by atoms with Crippen molar-refractivity contribution >= 4 is 5.95 Å². The third-order valence-electron chi connectivity index (χ3n) is 2.64. The molecule has 0 radical (unpaired) electrons. The van der Waals surface area contributed by atoms with Crippen molar-refractivity contribution in [3.8, 4) is 12.0 Å². The Kier molecular flexibility index (Phi) is 5.14. The molecule has 0 aliphatic carbocycles. The second kappa shape index (κ2) is 7.08. The molecular weight excluding hydrogens is 248 g/mol. The predicted molar refractivity (Wildman–Crippen MR) is 69.6 cm³/mol. The second-order valence-electron chi connectivity index (χ2n) is 4.12. The van der Waals surface area contributed by atoms with Crippen molar-refractivity contribution in [3.05, 3.63) is 0 Å². The van der Waals surface area contributed by atoms with Gasteiger partial charge in [0.15, 0.2) is 0 Å². The highest BCUT2D eigenvalue weighted by Crippen LogP contribution is 2.17. The van der Waals surface area contributed by atoms with Crippen LogP contribution in [0.4, 0.5) is 5.95 Å². The predicted octanol–water partition coefficient (Wildman–Crippen LogP) is 1.26. The number of anilines is 1. The lowest BCUT2D eigenvalue weighted by atomic mass is 10.2. The fraction of sp³-hybridized carbons (Fsp3) is 0.750. The van der Waals surface area contributed by atoms with Gasteiger partial charge in [0.2, 0.25) is 5.95 Å². The van der Waals surface area contributed by atoms with E-state index in [1.165, 1.54) is 0 Å². The zero-order valence-electron chi connectivity index (χ0n) is 11.4. The summed E-state index contributed by atoms with van der Waals surface area (Å²) in [5.41, 5.74) is 0. The standard InChI is InChI=1S/C12H20N4O3/c1-3-13-10-14-11(18-4-2)16-12(15-10)19-9-5-7-17-8-6-9/h9H,3-8H2,1-2H3,(H,13,14,15,16). The first kappa shape index (κ1) is 13.8. The quantitative estimate of drug-likeness (QED) is 0.832. The Labute approximate surface area is 112 Å². The fourth-order valence-electron chi connectivity index (χ4n) is 1.76. The van der Waals surface area contributed by atoms with Gasteiger partial charge in [0.25, 0.3) is 0 Å². The van der Waals surface area contributed by atoms with Gasteiger partial charge >= 0.3 is 12.0 Å². The van der Waals surface area contributed by atoms with Gasteiger partial charge in [0, 0.05) is 19.4 Å². The van der Waals surface area contributed by atoms with Crippen molar-refractivity contribution in [1.29, 1.82) is 0 Å². The van der Waals surface area contributed by atoms with E-state index in [0.29, 0.717) is 31.8 Å². The van der Waals surface area contributed by atoms with E-state index in [9.17, 15) is 0 Å². The van der Waals surface area contributed by atoms with Gasteiger partial charge in [-0.1, -0.05) is 0 Å². The molecule has 19 heavy (non-hydrogen) atoms. The Morgan fingerprint density at radius 2 is 1.89 bits per heavy atom. The first-order valence-electron chi connectivity index (χ1n) is 6.69. The number of hydrogen-bond acceptors (Lipinski definition) is 7. The molecule has 0 unspecified atom stereocenters. The van der Waals surface area contributed by atoms with Crippen LogP contribution >= 0.6 is 0 Å². The largest absolute Gasteiger partial charge is 0.464 e. The zero-order valence-corrected chi connectivity index (χ0v) is 11.4. The zero-order chi connectivity index (χ0) is 13.5. The van der Waals surface area contributed by atoms with Crippen LogP contribution in [0.2, 0.25) is 0 Å². The number of nitrogens with zero attached hydrogens (tertiary/aromatic N) is 3. The topological polar surface area (TPSA) is 78.4 Å². The third kappa shape index (κ3) is 4.20. The van der Waals surface area contributed by atoms with Crippen molar-refractivity contribution in [2.45, 2.75) is 32.8 Å². The van der Waals surface area contributed by atoms with Crippen molar-refractivity contribution in [2.75, 3.05) is 31.7 Å². The van der Waals surface area contributed by atoms with Crippen LogP contribution in [0.3, 0.4) is 0 Å². The smallest absolute Gasteiger partial charge is 0.324 e. The molecule has 1 fully saturated rings. The summed E-state index contributed by atoms with van der Waals surface area (Å²) < 4.78 is 16.4. The van der Waals surface area contributed by atoms with Gasteiger partial charge in [-0.2, -0.15) is 9.97 Å². The Bertz CT molecular complexity index is 372. The molecule has 1 aromatic rings. The van der Waals surface area contributed by atoms with Crippen molar-refractivity contribution < 1.29 is 14.2 Å². The van der Waals surface area contributed by atoms with E-state index in [4.69, 9.17) is 14.2 Å². The van der Waals surface area contributed by atoms with Crippen LogP contribution in [-0.4, -0.2) is 47.4 Å². The molecule has 1 aliphatic heterocycles. The lowest BCUT2D eigenvalue weighted by Gasteiger charge is -2.22. The van der Waals surface area contributed by atoms with Crippen molar-refractivity contribution in [3.63, 3.8) is 0 Å². The molecule has 1 aliphatic rings. The summed E-state index contributed by atoms with van der Waals surface area (Å²) in [6.45, 7) is 6.53. The SMILES string of the molecule is CCNc1nc(OCC)nc(OC2CCOCC2)n1. The molecule has 0 amide bonds. The van der Waals surface area contributed by atoms with Gasteiger partial charge < -0.3 is 19.5 Å². The number of ether oxygens (including phenoxy) is 3. The first-order chi connectivity index (χ1) is 9.31. The normalized spacial score (nSPS) is 16.1. The van der Waals surface area contributed by atoms with E-state index in [1.807, 2.05) is 13.8 Å². The molecule has 0 bridgehead atoms. The van der Waals surface area contributed by atoms with Crippen LogP contribution in [0.15, 0.2) is 0 Å². The Hall–Kier alpha value is -1.63. The maximum Gasteiger partial charge on any atom is 0.324 e. The molecule has 2 heterocycles. The van der Waals surface area contributed by atoms with Crippen LogP contribution in [-0.2, 0) is 4.74 Å². The molecule has 2 rings (SSSR count). The number of hydrogen-bond donors (Lipinski definition) is 1. The highest BCUT2D eigenvalue weighted by Gasteiger charge is 2.18. The summed E-state index contributed by atoms with van der Waals surface area (Å²) in [7, 11) is 0. The van der Waals surface area contributed by atoms with Gasteiger partial charge in [-0.3, -0.25) is 0 Å².